The van der Waals surface area contributed by atoms with Crippen LogP contribution in [0.3, 0.4) is 0 Å². The maximum Gasteiger partial charge on any atom is 0.271 e. The third-order valence-electron chi connectivity index (χ3n) is 6.23. The molecule has 2 N–H and O–H groups in total. The molecule has 0 radical (unpaired) electrons. The van der Waals surface area contributed by atoms with E-state index in [-0.39, 0.29) is 17.7 Å². The zero-order chi connectivity index (χ0) is 23.5. The molecule has 0 unspecified atom stereocenters. The lowest BCUT2D eigenvalue weighted by atomic mass is 9.79. The van der Waals surface area contributed by atoms with Crippen LogP contribution in [0, 0.1) is 11.8 Å². The van der Waals surface area contributed by atoms with Crippen molar-refractivity contribution < 1.29 is 9.59 Å². The summed E-state index contributed by atoms with van der Waals surface area (Å²) in [6.07, 6.45) is 8.38. The van der Waals surface area contributed by atoms with Crippen LogP contribution in [0.4, 0.5) is 5.82 Å². The first-order valence-corrected chi connectivity index (χ1v) is 11.3. The van der Waals surface area contributed by atoms with Gasteiger partial charge in [-0.05, 0) is 36.8 Å². The van der Waals surface area contributed by atoms with Gasteiger partial charge in [0, 0.05) is 25.9 Å². The number of amides is 2. The van der Waals surface area contributed by atoms with Crippen molar-refractivity contribution in [3.05, 3.63) is 41.4 Å². The largest absolute Gasteiger partial charge is 0.339 e. The summed E-state index contributed by atoms with van der Waals surface area (Å²) in [4.78, 5) is 30.4. The summed E-state index contributed by atoms with van der Waals surface area (Å²) in [6, 6.07) is 2.85. The molecule has 0 spiro atoms. The molecular weight excluding hydrogens is 444 g/mol. The minimum absolute atomic E-state index is 0.0406. The first kappa shape index (κ1) is 22.9. The number of rotatable bonds is 6. The third kappa shape index (κ3) is 5.05. The van der Waals surface area contributed by atoms with Crippen molar-refractivity contribution in [2.24, 2.45) is 25.9 Å². The van der Waals surface area contributed by atoms with Crippen molar-refractivity contribution in [3.8, 4) is 11.3 Å². The lowest BCUT2D eigenvalue weighted by Crippen LogP contribution is -2.49. The Morgan fingerprint density at radius 3 is 2.42 bits per heavy atom. The highest BCUT2D eigenvalue weighted by Crippen LogP contribution is 2.31. The quantitative estimate of drug-likeness (QED) is 0.571. The average molecular weight is 471 g/mol. The van der Waals surface area contributed by atoms with Gasteiger partial charge in [-0.2, -0.15) is 5.10 Å². The molecule has 4 rings (SSSR count). The number of nitrogens with one attached hydrogen (secondary N) is 2. The highest BCUT2D eigenvalue weighted by Gasteiger charge is 2.33. The van der Waals surface area contributed by atoms with E-state index in [1.807, 2.05) is 6.07 Å². The average Bonchev–Trinajstić information content (AvgIpc) is 3.38. The standard InChI is InChI=1S/C22H27ClN8O2/c1-13-4-6-14(7-5-13)19(28-21(32)17-12-25-29-30(17)2)22(33)27-18-9-8-15(10-24-18)20-16(23)11-26-31(20)3/h8-14,19H,4-7H2,1-3H3,(H,28,32)(H,24,27,33)/t13-,14-,19-/m0/s1. The van der Waals surface area contributed by atoms with Gasteiger partial charge in [0.2, 0.25) is 5.91 Å². The monoisotopic (exact) mass is 470 g/mol. The minimum Gasteiger partial charge on any atom is -0.339 e. The summed E-state index contributed by atoms with van der Waals surface area (Å²) in [5.74, 6) is 0.383. The van der Waals surface area contributed by atoms with Crippen molar-refractivity contribution in [1.29, 1.82) is 0 Å². The molecule has 0 bridgehead atoms. The zero-order valence-corrected chi connectivity index (χ0v) is 19.6. The second kappa shape index (κ2) is 9.70. The highest BCUT2D eigenvalue weighted by molar-refractivity contribution is 6.33. The summed E-state index contributed by atoms with van der Waals surface area (Å²) in [6.45, 7) is 2.21. The topological polar surface area (TPSA) is 120 Å². The molecule has 0 aromatic carbocycles. The van der Waals surface area contributed by atoms with Gasteiger partial charge in [0.1, 0.15) is 17.6 Å². The van der Waals surface area contributed by atoms with Crippen LogP contribution in [-0.4, -0.2) is 47.6 Å². The van der Waals surface area contributed by atoms with Gasteiger partial charge < -0.3 is 10.6 Å². The van der Waals surface area contributed by atoms with Crippen LogP contribution in [0.25, 0.3) is 11.3 Å². The molecule has 1 saturated carbocycles. The Kier molecular flexibility index (Phi) is 6.73. The lowest BCUT2D eigenvalue weighted by molar-refractivity contribution is -0.119. The first-order chi connectivity index (χ1) is 15.8. The third-order valence-corrected chi connectivity index (χ3v) is 6.51. The van der Waals surface area contributed by atoms with E-state index in [1.165, 1.54) is 10.9 Å². The predicted molar refractivity (Wildman–Crippen MR) is 123 cm³/mol. The number of halogens is 1. The number of hydrogen-bond acceptors (Lipinski definition) is 6. The van der Waals surface area contributed by atoms with Gasteiger partial charge in [-0.1, -0.05) is 36.6 Å². The van der Waals surface area contributed by atoms with Gasteiger partial charge >= 0.3 is 0 Å². The molecule has 1 fully saturated rings. The second-order valence-electron chi connectivity index (χ2n) is 8.60. The van der Waals surface area contributed by atoms with Crippen molar-refractivity contribution in [3.63, 3.8) is 0 Å². The van der Waals surface area contributed by atoms with Crippen molar-refractivity contribution in [2.75, 3.05) is 5.32 Å². The van der Waals surface area contributed by atoms with Gasteiger partial charge in [-0.3, -0.25) is 14.3 Å². The number of aromatic nitrogens is 6. The molecule has 0 saturated heterocycles. The number of hydrogen-bond donors (Lipinski definition) is 2. The van der Waals surface area contributed by atoms with Crippen LogP contribution in [0.15, 0.2) is 30.7 Å². The summed E-state index contributed by atoms with van der Waals surface area (Å²) in [7, 11) is 3.44. The molecule has 2 amide bonds. The van der Waals surface area contributed by atoms with Crippen LogP contribution in [0.2, 0.25) is 5.02 Å². The Hall–Kier alpha value is -3.27. The minimum atomic E-state index is -0.687. The summed E-state index contributed by atoms with van der Waals surface area (Å²) in [5, 5.41) is 18.0. The van der Waals surface area contributed by atoms with E-state index in [4.69, 9.17) is 11.6 Å². The fourth-order valence-electron chi connectivity index (χ4n) is 4.27. The molecule has 3 heterocycles. The second-order valence-corrected chi connectivity index (χ2v) is 9.01. The maximum atomic E-state index is 13.3. The van der Waals surface area contributed by atoms with Gasteiger partial charge in [0.05, 0.1) is 23.1 Å². The number of pyridine rings is 1. The fourth-order valence-corrected chi connectivity index (χ4v) is 4.55. The number of carbonyl (C=O) groups excluding carboxylic acids is 2. The molecule has 0 aliphatic heterocycles. The Labute approximate surface area is 196 Å². The van der Waals surface area contributed by atoms with Gasteiger partial charge in [0.25, 0.3) is 5.91 Å². The molecule has 11 heteroatoms. The van der Waals surface area contributed by atoms with E-state index < -0.39 is 6.04 Å². The molecule has 3 aromatic rings. The SMILES string of the molecule is Cn1nncc1C(=O)N[C@H](C(=O)Nc1ccc(-c2c(Cl)cnn2C)cn1)[C@H]1CC[C@H](C)CC1. The maximum absolute atomic E-state index is 13.3. The highest BCUT2D eigenvalue weighted by atomic mass is 35.5. The van der Waals surface area contributed by atoms with Crippen molar-refractivity contribution in [2.45, 2.75) is 38.6 Å². The van der Waals surface area contributed by atoms with Gasteiger partial charge in [-0.15, -0.1) is 5.10 Å². The fraction of sp³-hybridized carbons (Fsp3) is 0.455. The number of nitrogens with zero attached hydrogens (tertiary/aromatic N) is 6. The first-order valence-electron chi connectivity index (χ1n) is 10.9. The van der Waals surface area contributed by atoms with Crippen LogP contribution in [0.1, 0.15) is 43.1 Å². The Morgan fingerprint density at radius 2 is 1.85 bits per heavy atom. The molecule has 3 aromatic heterocycles. The molecular formula is C22H27ClN8O2. The molecule has 1 aliphatic carbocycles. The Morgan fingerprint density at radius 1 is 1.09 bits per heavy atom. The lowest BCUT2D eigenvalue weighted by Gasteiger charge is -2.32. The van der Waals surface area contributed by atoms with E-state index in [2.05, 4.69) is 38.0 Å². The van der Waals surface area contributed by atoms with E-state index in [9.17, 15) is 9.59 Å². The molecule has 1 atom stereocenters. The Balaban J connectivity index is 1.51. The summed E-state index contributed by atoms with van der Waals surface area (Å²) >= 11 is 6.21. The van der Waals surface area contributed by atoms with Gasteiger partial charge in [0.15, 0.2) is 0 Å². The summed E-state index contributed by atoms with van der Waals surface area (Å²) < 4.78 is 3.05. The molecule has 174 valence electrons. The number of carbonyl (C=O) groups is 2. The van der Waals surface area contributed by atoms with Crippen LogP contribution >= 0.6 is 11.6 Å². The van der Waals surface area contributed by atoms with Gasteiger partial charge in [-0.25, -0.2) is 9.67 Å². The van der Waals surface area contributed by atoms with E-state index in [0.717, 1.165) is 36.9 Å². The predicted octanol–water partition coefficient (Wildman–Crippen LogP) is 2.83. The smallest absolute Gasteiger partial charge is 0.271 e. The zero-order valence-electron chi connectivity index (χ0n) is 18.8. The van der Waals surface area contributed by atoms with Crippen LogP contribution in [0.5, 0.6) is 0 Å². The molecule has 33 heavy (non-hydrogen) atoms. The molecule has 1 aliphatic rings. The molecule has 10 nitrogen and oxygen atoms in total. The van der Waals surface area contributed by atoms with Crippen molar-refractivity contribution >= 4 is 29.2 Å². The van der Waals surface area contributed by atoms with Crippen molar-refractivity contribution in [1.82, 2.24) is 35.1 Å². The van der Waals surface area contributed by atoms with Crippen LogP contribution in [-0.2, 0) is 18.9 Å². The van der Waals surface area contributed by atoms with E-state index in [1.54, 1.807) is 37.2 Å². The number of aryl methyl sites for hydroxylation is 2. The van der Waals surface area contributed by atoms with E-state index in [0.29, 0.717) is 22.5 Å². The van der Waals surface area contributed by atoms with E-state index >= 15 is 0 Å². The summed E-state index contributed by atoms with van der Waals surface area (Å²) in [5.41, 5.74) is 1.83. The number of anilines is 1. The Bertz CT molecular complexity index is 1110. The normalized spacial score (nSPS) is 19.2. The van der Waals surface area contributed by atoms with Crippen LogP contribution < -0.4 is 10.6 Å².